The Balaban J connectivity index is 1.40. The first kappa shape index (κ1) is 22.2. The molecule has 0 spiro atoms. The highest BCUT2D eigenvalue weighted by Crippen LogP contribution is 2.33. The highest BCUT2D eigenvalue weighted by molar-refractivity contribution is 5.84. The van der Waals surface area contributed by atoms with Crippen molar-refractivity contribution >= 4 is 10.9 Å². The minimum Gasteiger partial charge on any atom is -0.391 e. The average Bonchev–Trinajstić information content (AvgIpc) is 3.32. The molecule has 2 aliphatic carbocycles. The van der Waals surface area contributed by atoms with E-state index in [4.69, 9.17) is 4.98 Å². The first-order valence-electron chi connectivity index (χ1n) is 12.7. The van der Waals surface area contributed by atoms with Crippen LogP contribution in [0.15, 0.2) is 47.9 Å². The van der Waals surface area contributed by atoms with E-state index >= 15 is 0 Å². The van der Waals surface area contributed by atoms with Crippen LogP contribution in [0.4, 0.5) is 0 Å². The zero-order valence-corrected chi connectivity index (χ0v) is 20.2. The predicted molar refractivity (Wildman–Crippen MR) is 135 cm³/mol. The molecular formula is C28H31N5O2. The van der Waals surface area contributed by atoms with Gasteiger partial charge in [-0.15, -0.1) is 0 Å². The second-order valence-corrected chi connectivity index (χ2v) is 10.1. The summed E-state index contributed by atoms with van der Waals surface area (Å²) in [4.78, 5) is 23.1. The molecule has 180 valence electrons. The molecule has 3 heterocycles. The van der Waals surface area contributed by atoms with Crippen LogP contribution in [0.3, 0.4) is 0 Å². The monoisotopic (exact) mass is 469 g/mol. The van der Waals surface area contributed by atoms with Gasteiger partial charge in [0.1, 0.15) is 0 Å². The Morgan fingerprint density at radius 2 is 1.86 bits per heavy atom. The second kappa shape index (κ2) is 9.04. The molecule has 0 radical (unpaired) electrons. The normalized spacial score (nSPS) is 20.2. The summed E-state index contributed by atoms with van der Waals surface area (Å²) >= 11 is 0. The fourth-order valence-electron chi connectivity index (χ4n) is 5.92. The average molecular weight is 470 g/mol. The molecule has 1 fully saturated rings. The number of rotatable bonds is 4. The standard InChI is InChI=1S/C28H31N5O2/c1-32-16-20(15-31-32)24-11-10-18(14-29-24)12-19-13-23-27(22-7-3-2-6-21(19)22)30-17-33(28(23)35)25-8-4-5-9-26(25)34/h10-11,13-17,25-26,34H,2-9,12H2,1H3. The number of aromatic nitrogens is 5. The van der Waals surface area contributed by atoms with Crippen LogP contribution in [0.2, 0.25) is 0 Å². The van der Waals surface area contributed by atoms with Crippen molar-refractivity contribution in [1.29, 1.82) is 0 Å². The summed E-state index contributed by atoms with van der Waals surface area (Å²) in [7, 11) is 1.90. The van der Waals surface area contributed by atoms with E-state index in [2.05, 4.69) is 22.2 Å². The smallest absolute Gasteiger partial charge is 0.261 e. The highest BCUT2D eigenvalue weighted by atomic mass is 16.3. The van der Waals surface area contributed by atoms with Gasteiger partial charge in [0.25, 0.3) is 5.56 Å². The van der Waals surface area contributed by atoms with Gasteiger partial charge in [-0.2, -0.15) is 5.10 Å². The summed E-state index contributed by atoms with van der Waals surface area (Å²) in [6.45, 7) is 0. The van der Waals surface area contributed by atoms with Crippen molar-refractivity contribution in [1.82, 2.24) is 24.3 Å². The van der Waals surface area contributed by atoms with E-state index in [9.17, 15) is 9.90 Å². The van der Waals surface area contributed by atoms with Gasteiger partial charge in [-0.1, -0.05) is 18.9 Å². The number of hydrogen-bond donors (Lipinski definition) is 1. The highest BCUT2D eigenvalue weighted by Gasteiger charge is 2.27. The van der Waals surface area contributed by atoms with Gasteiger partial charge in [0, 0.05) is 25.0 Å². The summed E-state index contributed by atoms with van der Waals surface area (Å²) in [5.74, 6) is 0. The van der Waals surface area contributed by atoms with Gasteiger partial charge in [0.15, 0.2) is 0 Å². The van der Waals surface area contributed by atoms with Gasteiger partial charge in [-0.3, -0.25) is 19.0 Å². The van der Waals surface area contributed by atoms with Crippen molar-refractivity contribution in [2.24, 2.45) is 7.05 Å². The number of hydrogen-bond acceptors (Lipinski definition) is 5. The Kier molecular flexibility index (Phi) is 5.72. The van der Waals surface area contributed by atoms with E-state index in [1.165, 1.54) is 16.7 Å². The molecule has 35 heavy (non-hydrogen) atoms. The molecule has 0 bridgehead atoms. The van der Waals surface area contributed by atoms with Gasteiger partial charge < -0.3 is 5.11 Å². The zero-order chi connectivity index (χ0) is 23.9. The molecule has 1 saturated carbocycles. The lowest BCUT2D eigenvalue weighted by atomic mass is 9.84. The van der Waals surface area contributed by atoms with Crippen molar-refractivity contribution in [2.75, 3.05) is 0 Å². The molecule has 7 nitrogen and oxygen atoms in total. The summed E-state index contributed by atoms with van der Waals surface area (Å²) in [5.41, 5.74) is 7.63. The Morgan fingerprint density at radius 3 is 2.60 bits per heavy atom. The molecule has 6 rings (SSSR count). The van der Waals surface area contributed by atoms with Crippen LogP contribution in [0.25, 0.3) is 22.2 Å². The Morgan fingerprint density at radius 1 is 1.03 bits per heavy atom. The number of aliphatic hydroxyl groups excluding tert-OH is 1. The minimum absolute atomic E-state index is 0.0272. The van der Waals surface area contributed by atoms with Crippen LogP contribution in [0.5, 0.6) is 0 Å². The molecule has 7 heteroatoms. The Labute approximate surface area is 204 Å². The third-order valence-corrected chi connectivity index (χ3v) is 7.76. The van der Waals surface area contributed by atoms with E-state index in [0.717, 1.165) is 80.1 Å². The summed E-state index contributed by atoms with van der Waals surface area (Å²) in [5, 5.41) is 15.5. The SMILES string of the molecule is Cn1cc(-c2ccc(Cc3cc4c(=O)n(C5CCCCC5O)cnc4c4c3CCCC4)cn2)cn1. The third-order valence-electron chi connectivity index (χ3n) is 7.76. The van der Waals surface area contributed by atoms with Crippen LogP contribution < -0.4 is 5.56 Å². The van der Waals surface area contributed by atoms with Crippen molar-refractivity contribution < 1.29 is 5.11 Å². The van der Waals surface area contributed by atoms with Gasteiger partial charge in [-0.05, 0) is 79.3 Å². The predicted octanol–water partition coefficient (Wildman–Crippen LogP) is 4.14. The maximum atomic E-state index is 13.7. The van der Waals surface area contributed by atoms with Crippen LogP contribution >= 0.6 is 0 Å². The lowest BCUT2D eigenvalue weighted by Crippen LogP contribution is -2.35. The molecule has 0 aliphatic heterocycles. The van der Waals surface area contributed by atoms with Crippen LogP contribution in [-0.4, -0.2) is 35.5 Å². The fraction of sp³-hybridized carbons (Fsp3) is 0.429. The van der Waals surface area contributed by atoms with Gasteiger partial charge in [-0.25, -0.2) is 4.98 Å². The van der Waals surface area contributed by atoms with Crippen LogP contribution in [0.1, 0.15) is 66.8 Å². The molecule has 4 aromatic rings. The quantitative estimate of drug-likeness (QED) is 0.486. The van der Waals surface area contributed by atoms with Gasteiger partial charge in [0.2, 0.25) is 0 Å². The van der Waals surface area contributed by atoms with Gasteiger partial charge in [0.05, 0.1) is 41.3 Å². The second-order valence-electron chi connectivity index (χ2n) is 10.1. The molecule has 2 aliphatic rings. The van der Waals surface area contributed by atoms with Crippen LogP contribution in [0, 0.1) is 0 Å². The molecule has 3 aromatic heterocycles. The summed E-state index contributed by atoms with van der Waals surface area (Å²) < 4.78 is 3.47. The van der Waals surface area contributed by atoms with Crippen molar-refractivity contribution in [3.63, 3.8) is 0 Å². The van der Waals surface area contributed by atoms with E-state index in [1.54, 1.807) is 15.6 Å². The van der Waals surface area contributed by atoms with E-state index in [1.807, 2.05) is 31.7 Å². The third kappa shape index (κ3) is 4.08. The molecule has 1 aromatic carbocycles. The molecule has 2 unspecified atom stereocenters. The number of fused-ring (bicyclic) bond motifs is 3. The molecule has 2 atom stereocenters. The molecule has 0 amide bonds. The Hall–Kier alpha value is -3.32. The zero-order valence-electron chi connectivity index (χ0n) is 20.2. The Bertz CT molecular complexity index is 1440. The first-order valence-corrected chi connectivity index (χ1v) is 12.7. The maximum Gasteiger partial charge on any atom is 0.261 e. The first-order chi connectivity index (χ1) is 17.1. The van der Waals surface area contributed by atoms with E-state index in [-0.39, 0.29) is 11.6 Å². The molecule has 1 N–H and O–H groups in total. The lowest BCUT2D eigenvalue weighted by molar-refractivity contribution is 0.0735. The van der Waals surface area contributed by atoms with Gasteiger partial charge >= 0.3 is 0 Å². The number of nitrogens with zero attached hydrogens (tertiary/aromatic N) is 5. The lowest BCUT2D eigenvalue weighted by Gasteiger charge is -2.29. The number of pyridine rings is 1. The summed E-state index contributed by atoms with van der Waals surface area (Å²) in [6.07, 6.45) is 15.5. The van der Waals surface area contributed by atoms with Crippen molar-refractivity contribution in [3.05, 3.63) is 75.7 Å². The largest absolute Gasteiger partial charge is 0.391 e. The van der Waals surface area contributed by atoms with Crippen molar-refractivity contribution in [3.8, 4) is 11.3 Å². The maximum absolute atomic E-state index is 13.7. The van der Waals surface area contributed by atoms with E-state index in [0.29, 0.717) is 5.39 Å². The number of aliphatic hydroxyl groups is 1. The topological polar surface area (TPSA) is 85.8 Å². The fourth-order valence-corrected chi connectivity index (χ4v) is 5.92. The summed E-state index contributed by atoms with van der Waals surface area (Å²) in [6, 6.07) is 6.04. The minimum atomic E-state index is -0.484. The van der Waals surface area contributed by atoms with E-state index < -0.39 is 6.10 Å². The number of aryl methyl sites for hydroxylation is 2. The molecular weight excluding hydrogens is 438 g/mol. The van der Waals surface area contributed by atoms with Crippen molar-refractivity contribution in [2.45, 2.75) is 69.9 Å². The molecule has 0 saturated heterocycles. The number of benzene rings is 1. The van der Waals surface area contributed by atoms with Crippen LogP contribution in [-0.2, 0) is 26.3 Å².